The van der Waals surface area contributed by atoms with Gasteiger partial charge in [0.15, 0.2) is 0 Å². The molecule has 21 heavy (non-hydrogen) atoms. The van der Waals surface area contributed by atoms with Crippen molar-refractivity contribution in [1.82, 2.24) is 10.2 Å². The largest absolute Gasteiger partial charge is 0.416 e. The highest BCUT2D eigenvalue weighted by molar-refractivity contribution is 8.00. The van der Waals surface area contributed by atoms with Gasteiger partial charge in [-0.05, 0) is 17.7 Å². The molecule has 2 aromatic rings. The van der Waals surface area contributed by atoms with Crippen LogP contribution in [0.15, 0.2) is 29.8 Å². The quantitative estimate of drug-likeness (QED) is 0.847. The second-order valence-electron chi connectivity index (χ2n) is 4.27. The average molecular weight is 331 g/mol. The SMILES string of the molecule is O=C1CS[C@H](c2cccc(C(F)(F)F)c2)N1c1nncs1. The van der Waals surface area contributed by atoms with Crippen LogP contribution >= 0.6 is 23.1 Å². The summed E-state index contributed by atoms with van der Waals surface area (Å²) in [5, 5.41) is 7.39. The zero-order chi connectivity index (χ0) is 15.0. The average Bonchev–Trinajstić information content (AvgIpc) is 3.06. The molecule has 1 fully saturated rings. The zero-order valence-corrected chi connectivity index (χ0v) is 12.0. The first kappa shape index (κ1) is 14.3. The van der Waals surface area contributed by atoms with Crippen molar-refractivity contribution in [2.24, 2.45) is 0 Å². The van der Waals surface area contributed by atoms with E-state index in [1.807, 2.05) is 0 Å². The number of rotatable bonds is 2. The zero-order valence-electron chi connectivity index (χ0n) is 10.4. The Labute approximate surface area is 126 Å². The molecule has 1 aromatic heterocycles. The molecule has 1 aliphatic heterocycles. The van der Waals surface area contributed by atoms with Gasteiger partial charge in [-0.25, -0.2) is 0 Å². The first-order chi connectivity index (χ1) is 9.97. The highest BCUT2D eigenvalue weighted by atomic mass is 32.2. The molecule has 0 saturated carbocycles. The number of benzene rings is 1. The van der Waals surface area contributed by atoms with E-state index < -0.39 is 17.1 Å². The molecule has 0 spiro atoms. The third-order valence-electron chi connectivity index (χ3n) is 2.92. The number of alkyl halides is 3. The Kier molecular flexibility index (Phi) is 3.62. The molecule has 0 bridgehead atoms. The third-order valence-corrected chi connectivity index (χ3v) is 4.82. The normalized spacial score (nSPS) is 19.3. The van der Waals surface area contributed by atoms with Gasteiger partial charge in [-0.1, -0.05) is 23.5 Å². The predicted octanol–water partition coefficient (Wildman–Crippen LogP) is 3.34. The number of halogens is 3. The highest BCUT2D eigenvalue weighted by Gasteiger charge is 2.37. The van der Waals surface area contributed by atoms with E-state index in [0.717, 1.165) is 12.1 Å². The highest BCUT2D eigenvalue weighted by Crippen LogP contribution is 2.43. The van der Waals surface area contributed by atoms with E-state index in [1.54, 1.807) is 6.07 Å². The molecule has 1 aliphatic rings. The van der Waals surface area contributed by atoms with E-state index in [9.17, 15) is 18.0 Å². The van der Waals surface area contributed by atoms with Crippen LogP contribution in [-0.4, -0.2) is 21.9 Å². The van der Waals surface area contributed by atoms with E-state index in [-0.39, 0.29) is 11.7 Å². The summed E-state index contributed by atoms with van der Waals surface area (Å²) in [6, 6.07) is 5.02. The minimum Gasteiger partial charge on any atom is -0.273 e. The van der Waals surface area contributed by atoms with Crippen molar-refractivity contribution in [2.45, 2.75) is 11.6 Å². The molecular weight excluding hydrogens is 323 g/mol. The van der Waals surface area contributed by atoms with E-state index in [4.69, 9.17) is 0 Å². The summed E-state index contributed by atoms with van der Waals surface area (Å²) in [4.78, 5) is 13.4. The summed E-state index contributed by atoms with van der Waals surface area (Å²) in [5.41, 5.74) is 1.18. The first-order valence-electron chi connectivity index (χ1n) is 5.84. The summed E-state index contributed by atoms with van der Waals surface area (Å²) in [7, 11) is 0. The van der Waals surface area contributed by atoms with E-state index >= 15 is 0 Å². The van der Waals surface area contributed by atoms with Crippen LogP contribution in [0.4, 0.5) is 18.3 Å². The maximum absolute atomic E-state index is 12.8. The van der Waals surface area contributed by atoms with Crippen molar-refractivity contribution in [3.05, 3.63) is 40.9 Å². The number of anilines is 1. The molecule has 110 valence electrons. The summed E-state index contributed by atoms with van der Waals surface area (Å²) in [6.07, 6.45) is -4.41. The summed E-state index contributed by atoms with van der Waals surface area (Å²) in [5.74, 6) is 0.0275. The lowest BCUT2D eigenvalue weighted by atomic mass is 10.1. The van der Waals surface area contributed by atoms with Crippen molar-refractivity contribution < 1.29 is 18.0 Å². The van der Waals surface area contributed by atoms with Crippen LogP contribution in [-0.2, 0) is 11.0 Å². The molecule has 1 aromatic carbocycles. The van der Waals surface area contributed by atoms with Crippen molar-refractivity contribution in [3.8, 4) is 0 Å². The molecule has 1 saturated heterocycles. The fraction of sp³-hybridized carbons (Fsp3) is 0.250. The Hall–Kier alpha value is -1.61. The second-order valence-corrected chi connectivity index (χ2v) is 6.15. The summed E-state index contributed by atoms with van der Waals surface area (Å²) >= 11 is 2.46. The molecule has 0 radical (unpaired) electrons. The number of carbonyl (C=O) groups is 1. The van der Waals surface area contributed by atoms with Crippen LogP contribution in [0.25, 0.3) is 0 Å². The lowest BCUT2D eigenvalue weighted by Gasteiger charge is -2.21. The van der Waals surface area contributed by atoms with Crippen molar-refractivity contribution in [3.63, 3.8) is 0 Å². The number of amides is 1. The monoisotopic (exact) mass is 331 g/mol. The molecule has 3 rings (SSSR count). The van der Waals surface area contributed by atoms with Gasteiger partial charge in [0, 0.05) is 0 Å². The Morgan fingerprint density at radius 1 is 1.33 bits per heavy atom. The van der Waals surface area contributed by atoms with Crippen LogP contribution in [0.3, 0.4) is 0 Å². The van der Waals surface area contributed by atoms with Crippen molar-refractivity contribution >= 4 is 34.1 Å². The molecule has 4 nitrogen and oxygen atoms in total. The maximum atomic E-state index is 12.8. The van der Waals surface area contributed by atoms with E-state index in [1.165, 1.54) is 39.6 Å². The van der Waals surface area contributed by atoms with Crippen LogP contribution in [0.2, 0.25) is 0 Å². The number of aromatic nitrogens is 2. The lowest BCUT2D eigenvalue weighted by molar-refractivity contribution is -0.137. The molecule has 0 aliphatic carbocycles. The number of hydrogen-bond acceptors (Lipinski definition) is 5. The maximum Gasteiger partial charge on any atom is 0.416 e. The second kappa shape index (κ2) is 5.30. The summed E-state index contributed by atoms with van der Waals surface area (Å²) < 4.78 is 38.4. The Bertz CT molecular complexity index is 660. The smallest absolute Gasteiger partial charge is 0.273 e. The number of carbonyl (C=O) groups excluding carboxylic acids is 1. The molecule has 1 amide bonds. The molecule has 1 atom stereocenters. The van der Waals surface area contributed by atoms with Crippen LogP contribution in [0.1, 0.15) is 16.5 Å². The van der Waals surface area contributed by atoms with Gasteiger partial charge in [0.25, 0.3) is 0 Å². The van der Waals surface area contributed by atoms with Gasteiger partial charge in [-0.3, -0.25) is 9.69 Å². The molecule has 9 heteroatoms. The predicted molar refractivity (Wildman–Crippen MR) is 74.0 cm³/mol. The number of hydrogen-bond donors (Lipinski definition) is 0. The van der Waals surface area contributed by atoms with E-state index in [2.05, 4.69) is 10.2 Å². The van der Waals surface area contributed by atoms with Gasteiger partial charge < -0.3 is 0 Å². The van der Waals surface area contributed by atoms with Gasteiger partial charge in [0.2, 0.25) is 11.0 Å². The summed E-state index contributed by atoms with van der Waals surface area (Å²) in [6.45, 7) is 0. The van der Waals surface area contributed by atoms with Crippen LogP contribution in [0, 0.1) is 0 Å². The molecule has 0 unspecified atom stereocenters. The minimum absolute atomic E-state index is 0.181. The van der Waals surface area contributed by atoms with Gasteiger partial charge in [-0.15, -0.1) is 22.0 Å². The van der Waals surface area contributed by atoms with Gasteiger partial charge in [-0.2, -0.15) is 13.2 Å². The Morgan fingerprint density at radius 3 is 2.81 bits per heavy atom. The van der Waals surface area contributed by atoms with Gasteiger partial charge >= 0.3 is 6.18 Å². The van der Waals surface area contributed by atoms with Gasteiger partial charge in [0.1, 0.15) is 10.9 Å². The Morgan fingerprint density at radius 2 is 2.14 bits per heavy atom. The van der Waals surface area contributed by atoms with Crippen LogP contribution < -0.4 is 4.90 Å². The van der Waals surface area contributed by atoms with Gasteiger partial charge in [0.05, 0.1) is 11.3 Å². The number of thioether (sulfide) groups is 1. The fourth-order valence-corrected chi connectivity index (χ4v) is 3.83. The topological polar surface area (TPSA) is 46.1 Å². The van der Waals surface area contributed by atoms with Crippen molar-refractivity contribution in [2.75, 3.05) is 10.7 Å². The van der Waals surface area contributed by atoms with Crippen LogP contribution in [0.5, 0.6) is 0 Å². The first-order valence-corrected chi connectivity index (χ1v) is 7.76. The van der Waals surface area contributed by atoms with E-state index in [0.29, 0.717) is 10.7 Å². The number of nitrogens with zero attached hydrogens (tertiary/aromatic N) is 3. The van der Waals surface area contributed by atoms with Crippen molar-refractivity contribution in [1.29, 1.82) is 0 Å². The molecule has 0 N–H and O–H groups in total. The fourth-order valence-electron chi connectivity index (χ4n) is 2.02. The third kappa shape index (κ3) is 2.75. The molecular formula is C12H8F3N3OS2. The minimum atomic E-state index is -4.41. The standard InChI is InChI=1S/C12H8F3N3OS2/c13-12(14,15)8-3-1-2-7(4-8)10-18(9(19)5-20-10)11-17-16-6-21-11/h1-4,6,10H,5H2/t10-/m1/s1. The molecule has 2 heterocycles. The Balaban J connectivity index is 1.98. The lowest BCUT2D eigenvalue weighted by Crippen LogP contribution is -2.27.